The predicted octanol–water partition coefficient (Wildman–Crippen LogP) is 4.17. The van der Waals surface area contributed by atoms with Crippen LogP contribution in [0.1, 0.15) is 51.4 Å². The lowest BCUT2D eigenvalue weighted by atomic mass is 9.48. The average Bonchev–Trinajstić information content (AvgIpc) is 2.99. The molecule has 2 amide bonds. The molecular formula is C26H19NO4. The van der Waals surface area contributed by atoms with Crippen LogP contribution in [0.2, 0.25) is 0 Å². The first-order valence-corrected chi connectivity index (χ1v) is 10.3. The minimum absolute atomic E-state index is 0.117. The maximum atomic E-state index is 13.9. The van der Waals surface area contributed by atoms with Crippen molar-refractivity contribution in [2.45, 2.75) is 18.8 Å². The van der Waals surface area contributed by atoms with Gasteiger partial charge in [-0.2, -0.15) is 0 Å². The quantitative estimate of drug-likeness (QED) is 0.645. The van der Waals surface area contributed by atoms with Crippen molar-refractivity contribution in [1.29, 1.82) is 0 Å². The van der Waals surface area contributed by atoms with Crippen molar-refractivity contribution in [3.05, 3.63) is 101 Å². The Morgan fingerprint density at radius 1 is 0.839 bits per heavy atom. The largest absolute Gasteiger partial charge is 0.478 e. The minimum atomic E-state index is -1.05. The molecule has 0 aromatic heterocycles. The lowest BCUT2D eigenvalue weighted by Gasteiger charge is -2.51. The molecule has 3 aromatic carbocycles. The van der Waals surface area contributed by atoms with E-state index in [4.69, 9.17) is 0 Å². The van der Waals surface area contributed by atoms with Gasteiger partial charge in [0.1, 0.15) is 0 Å². The summed E-state index contributed by atoms with van der Waals surface area (Å²) in [7, 11) is 0. The molecule has 7 rings (SSSR count). The van der Waals surface area contributed by atoms with Crippen molar-refractivity contribution in [2.75, 3.05) is 4.90 Å². The van der Waals surface area contributed by atoms with Gasteiger partial charge in [-0.05, 0) is 53.4 Å². The van der Waals surface area contributed by atoms with E-state index >= 15 is 0 Å². The Bertz CT molecular complexity index is 1250. The van der Waals surface area contributed by atoms with Gasteiger partial charge in [0.2, 0.25) is 11.8 Å². The van der Waals surface area contributed by atoms with E-state index in [1.807, 2.05) is 31.2 Å². The highest BCUT2D eigenvalue weighted by molar-refractivity contribution is 6.25. The number of hydrogen-bond acceptors (Lipinski definition) is 3. The highest BCUT2D eigenvalue weighted by Crippen LogP contribution is 2.67. The van der Waals surface area contributed by atoms with E-state index in [0.717, 1.165) is 22.3 Å². The Hall–Kier alpha value is -3.73. The van der Waals surface area contributed by atoms with Gasteiger partial charge in [0.25, 0.3) is 0 Å². The minimum Gasteiger partial charge on any atom is -0.478 e. The maximum absolute atomic E-state index is 13.9. The van der Waals surface area contributed by atoms with Gasteiger partial charge in [-0.25, -0.2) is 9.69 Å². The smallest absolute Gasteiger partial charge is 0.335 e. The fourth-order valence-corrected chi connectivity index (χ4v) is 6.11. The van der Waals surface area contributed by atoms with Crippen molar-refractivity contribution in [3.8, 4) is 0 Å². The van der Waals surface area contributed by atoms with Gasteiger partial charge in [-0.3, -0.25) is 9.59 Å². The normalized spacial score (nSPS) is 27.6. The number of carboxylic acid groups (broad SMARTS) is 1. The molecule has 5 nitrogen and oxygen atoms in total. The first-order valence-electron chi connectivity index (χ1n) is 10.3. The molecular weight excluding hydrogens is 390 g/mol. The van der Waals surface area contributed by atoms with Crippen molar-refractivity contribution in [1.82, 2.24) is 0 Å². The van der Waals surface area contributed by atoms with Crippen molar-refractivity contribution in [2.24, 2.45) is 11.3 Å². The Morgan fingerprint density at radius 2 is 1.35 bits per heavy atom. The number of hydrogen-bond donors (Lipinski definition) is 1. The number of carbonyl (C=O) groups is 3. The molecule has 1 aliphatic heterocycles. The summed E-state index contributed by atoms with van der Waals surface area (Å²) >= 11 is 0. The van der Waals surface area contributed by atoms with E-state index in [1.165, 1.54) is 17.0 Å². The van der Waals surface area contributed by atoms with Crippen LogP contribution >= 0.6 is 0 Å². The summed E-state index contributed by atoms with van der Waals surface area (Å²) in [6, 6.07) is 22.2. The molecule has 1 heterocycles. The van der Waals surface area contributed by atoms with E-state index in [-0.39, 0.29) is 29.2 Å². The molecule has 2 bridgehead atoms. The van der Waals surface area contributed by atoms with Crippen LogP contribution < -0.4 is 4.90 Å². The van der Waals surface area contributed by atoms with E-state index in [1.54, 1.807) is 12.1 Å². The summed E-state index contributed by atoms with van der Waals surface area (Å²) in [6.07, 6.45) is 0. The number of carbonyl (C=O) groups excluding carboxylic acids is 2. The molecule has 3 aromatic rings. The van der Waals surface area contributed by atoms with Crippen molar-refractivity contribution < 1.29 is 19.5 Å². The van der Waals surface area contributed by atoms with Crippen LogP contribution in [-0.2, 0) is 9.59 Å². The summed E-state index contributed by atoms with van der Waals surface area (Å²) < 4.78 is 0. The molecule has 2 atom stereocenters. The van der Waals surface area contributed by atoms with Crippen LogP contribution in [0.25, 0.3) is 0 Å². The van der Waals surface area contributed by atoms with E-state index in [0.29, 0.717) is 5.69 Å². The Kier molecular flexibility index (Phi) is 3.45. The zero-order valence-corrected chi connectivity index (χ0v) is 16.8. The second-order valence-corrected chi connectivity index (χ2v) is 8.76. The number of benzene rings is 3. The summed E-state index contributed by atoms with van der Waals surface area (Å²) in [5.41, 5.74) is 4.13. The lowest BCUT2D eigenvalue weighted by molar-refractivity contribution is -0.128. The SMILES string of the molecule is C[C@@]12C(=O)N(c3ccc(C(=O)O)cc3)C(=O)[C@@H]1C1c3ccccc3C2c2ccccc21. The number of rotatable bonds is 2. The topological polar surface area (TPSA) is 74.7 Å². The first-order chi connectivity index (χ1) is 14.9. The Labute approximate surface area is 178 Å². The summed E-state index contributed by atoms with van der Waals surface area (Å²) in [5, 5.41) is 9.19. The molecule has 0 spiro atoms. The standard InChI is InChI=1S/C26H19NO4/c1-26-21-18-8-4-2-6-16(18)20(17-7-3-5-9-19(17)21)22(26)23(28)27(25(26)31)15-12-10-14(11-13-15)24(29)30/h2-13,20-22H,1H3,(H,29,30)/t20?,21?,22-,26-/m0/s1. The second-order valence-electron chi connectivity index (χ2n) is 8.76. The maximum Gasteiger partial charge on any atom is 0.335 e. The number of anilines is 1. The van der Waals surface area contributed by atoms with Gasteiger partial charge in [0, 0.05) is 11.8 Å². The van der Waals surface area contributed by atoms with Gasteiger partial charge in [-0.15, -0.1) is 0 Å². The summed E-state index contributed by atoms with van der Waals surface area (Å²) in [4.78, 5) is 40.2. The first kappa shape index (κ1) is 18.1. The molecule has 5 heteroatoms. The van der Waals surface area contributed by atoms with E-state index in [2.05, 4.69) is 24.3 Å². The Balaban J connectivity index is 1.56. The van der Waals surface area contributed by atoms with Crippen LogP contribution in [0.4, 0.5) is 5.69 Å². The summed E-state index contributed by atoms with van der Waals surface area (Å²) in [6.45, 7) is 1.92. The van der Waals surface area contributed by atoms with Crippen LogP contribution in [0.5, 0.6) is 0 Å². The van der Waals surface area contributed by atoms with Gasteiger partial charge in [0.15, 0.2) is 0 Å². The molecule has 3 aliphatic carbocycles. The zero-order chi connectivity index (χ0) is 21.5. The average molecular weight is 409 g/mol. The van der Waals surface area contributed by atoms with Gasteiger partial charge in [0.05, 0.1) is 22.6 Å². The molecule has 0 saturated carbocycles. The monoisotopic (exact) mass is 409 g/mol. The van der Waals surface area contributed by atoms with Gasteiger partial charge >= 0.3 is 5.97 Å². The highest BCUT2D eigenvalue weighted by atomic mass is 16.4. The number of aromatic carboxylic acids is 1. The van der Waals surface area contributed by atoms with E-state index < -0.39 is 17.3 Å². The van der Waals surface area contributed by atoms with E-state index in [9.17, 15) is 19.5 Å². The van der Waals surface area contributed by atoms with Crippen molar-refractivity contribution >= 4 is 23.5 Å². The predicted molar refractivity (Wildman–Crippen MR) is 114 cm³/mol. The second kappa shape index (κ2) is 5.91. The molecule has 152 valence electrons. The molecule has 1 N–H and O–H groups in total. The van der Waals surface area contributed by atoms with Gasteiger partial charge in [-0.1, -0.05) is 48.5 Å². The molecule has 1 saturated heterocycles. The fourth-order valence-electron chi connectivity index (χ4n) is 6.11. The molecule has 1 fully saturated rings. The molecule has 0 unspecified atom stereocenters. The van der Waals surface area contributed by atoms with Crippen LogP contribution in [0.3, 0.4) is 0 Å². The van der Waals surface area contributed by atoms with Crippen LogP contribution in [-0.4, -0.2) is 22.9 Å². The van der Waals surface area contributed by atoms with Crippen LogP contribution in [0, 0.1) is 11.3 Å². The lowest BCUT2D eigenvalue weighted by Crippen LogP contribution is -2.49. The third-order valence-electron chi connectivity index (χ3n) is 7.39. The molecule has 31 heavy (non-hydrogen) atoms. The molecule has 0 radical (unpaired) electrons. The zero-order valence-electron chi connectivity index (χ0n) is 16.8. The van der Waals surface area contributed by atoms with Crippen molar-refractivity contribution in [3.63, 3.8) is 0 Å². The summed E-state index contributed by atoms with van der Waals surface area (Å²) in [5.74, 6) is -2.35. The third kappa shape index (κ3) is 2.08. The van der Waals surface area contributed by atoms with Crippen LogP contribution in [0.15, 0.2) is 72.8 Å². The number of nitrogens with zero attached hydrogens (tertiary/aromatic N) is 1. The third-order valence-corrected chi connectivity index (χ3v) is 7.39. The Morgan fingerprint density at radius 3 is 1.87 bits per heavy atom. The highest BCUT2D eigenvalue weighted by Gasteiger charge is 2.68. The van der Waals surface area contributed by atoms with Gasteiger partial charge < -0.3 is 5.11 Å². The fraction of sp³-hybridized carbons (Fsp3) is 0.192. The number of imide groups is 1. The number of amides is 2. The molecule has 4 aliphatic rings. The number of carboxylic acids is 1.